The Morgan fingerprint density at radius 3 is 2.54 bits per heavy atom. The molecule has 1 N–H and O–H groups in total. The van der Waals surface area contributed by atoms with Crippen molar-refractivity contribution in [1.82, 2.24) is 0 Å². The van der Waals surface area contributed by atoms with E-state index >= 15 is 0 Å². The van der Waals surface area contributed by atoms with Crippen LogP contribution in [0.2, 0.25) is 5.02 Å². The van der Waals surface area contributed by atoms with E-state index in [1.165, 1.54) is 26.2 Å². The summed E-state index contributed by atoms with van der Waals surface area (Å²) in [7, 11) is 1.31. The molecule has 0 saturated carbocycles. The van der Waals surface area contributed by atoms with E-state index in [0.717, 1.165) is 6.07 Å². The van der Waals surface area contributed by atoms with Crippen LogP contribution in [0.5, 0.6) is 5.75 Å². The number of amides is 1. The smallest absolute Gasteiger partial charge is 0.342 e. The van der Waals surface area contributed by atoms with Crippen LogP contribution in [0, 0.1) is 10.1 Å². The second kappa shape index (κ2) is 8.30. The molecule has 136 valence electrons. The van der Waals surface area contributed by atoms with Crippen LogP contribution < -0.4 is 10.1 Å². The first kappa shape index (κ1) is 19.2. The molecular formula is C17H15ClN2O6. The highest BCUT2D eigenvalue weighted by molar-refractivity contribution is 6.33. The van der Waals surface area contributed by atoms with Gasteiger partial charge in [-0.25, -0.2) is 4.79 Å². The Bertz CT molecular complexity index is 855. The molecule has 0 aliphatic heterocycles. The standard InChI is InChI=1S/C17H15ClN2O6/c1-10(16(21)19-14-6-4-3-5-13(14)18)26-17(22)12-9-11(20(23)24)7-8-15(12)25-2/h3-10H,1-2H3,(H,19,21). The minimum atomic E-state index is -1.16. The maximum Gasteiger partial charge on any atom is 0.342 e. The number of benzene rings is 2. The van der Waals surface area contributed by atoms with Crippen molar-refractivity contribution in [2.45, 2.75) is 13.0 Å². The third kappa shape index (κ3) is 4.48. The summed E-state index contributed by atoms with van der Waals surface area (Å²) in [6.45, 7) is 1.37. The zero-order valence-corrected chi connectivity index (χ0v) is 14.6. The van der Waals surface area contributed by atoms with Gasteiger partial charge < -0.3 is 14.8 Å². The summed E-state index contributed by atoms with van der Waals surface area (Å²) in [5.41, 5.74) is -0.0833. The number of para-hydroxylation sites is 1. The van der Waals surface area contributed by atoms with Crippen LogP contribution >= 0.6 is 11.6 Å². The number of ether oxygens (including phenoxy) is 2. The minimum absolute atomic E-state index is 0.0966. The van der Waals surface area contributed by atoms with Crippen LogP contribution in [0.25, 0.3) is 0 Å². The van der Waals surface area contributed by atoms with Gasteiger partial charge in [-0.05, 0) is 25.1 Å². The molecule has 2 rings (SSSR count). The first-order valence-electron chi connectivity index (χ1n) is 7.42. The van der Waals surface area contributed by atoms with E-state index in [2.05, 4.69) is 5.32 Å². The SMILES string of the molecule is COc1ccc([N+](=O)[O-])cc1C(=O)OC(C)C(=O)Nc1ccccc1Cl. The summed E-state index contributed by atoms with van der Waals surface area (Å²) in [5.74, 6) is -1.43. The number of nitrogens with zero attached hydrogens (tertiary/aromatic N) is 1. The Hall–Kier alpha value is -3.13. The number of nitro benzene ring substituents is 1. The summed E-state index contributed by atoms with van der Waals surface area (Å²) < 4.78 is 10.1. The Kier molecular flexibility index (Phi) is 6.13. The normalized spacial score (nSPS) is 11.3. The molecule has 0 heterocycles. The molecule has 0 aliphatic carbocycles. The fraction of sp³-hybridized carbons (Fsp3) is 0.176. The molecule has 8 nitrogen and oxygen atoms in total. The maximum absolute atomic E-state index is 12.3. The van der Waals surface area contributed by atoms with Crippen LogP contribution in [0.15, 0.2) is 42.5 Å². The third-order valence-electron chi connectivity index (χ3n) is 3.40. The Morgan fingerprint density at radius 1 is 1.23 bits per heavy atom. The predicted octanol–water partition coefficient (Wildman–Crippen LogP) is 3.44. The van der Waals surface area contributed by atoms with E-state index in [4.69, 9.17) is 21.1 Å². The average molecular weight is 379 g/mol. The molecule has 0 fully saturated rings. The van der Waals surface area contributed by atoms with Gasteiger partial charge in [0, 0.05) is 12.1 Å². The second-order valence-electron chi connectivity index (χ2n) is 5.16. The zero-order chi connectivity index (χ0) is 19.3. The third-order valence-corrected chi connectivity index (χ3v) is 3.73. The van der Waals surface area contributed by atoms with Crippen molar-refractivity contribution in [3.8, 4) is 5.75 Å². The van der Waals surface area contributed by atoms with Crippen molar-refractivity contribution >= 4 is 34.9 Å². The molecule has 0 aliphatic rings. The molecule has 0 aromatic heterocycles. The fourth-order valence-corrected chi connectivity index (χ4v) is 2.23. The lowest BCUT2D eigenvalue weighted by Crippen LogP contribution is -2.30. The van der Waals surface area contributed by atoms with Gasteiger partial charge in [0.1, 0.15) is 11.3 Å². The molecule has 0 spiro atoms. The molecule has 1 unspecified atom stereocenters. The molecular weight excluding hydrogens is 364 g/mol. The second-order valence-corrected chi connectivity index (χ2v) is 5.57. The Labute approximate surface area is 153 Å². The molecule has 0 bridgehead atoms. The van der Waals surface area contributed by atoms with Gasteiger partial charge in [-0.1, -0.05) is 23.7 Å². The molecule has 1 atom stereocenters. The number of carbonyl (C=O) groups excluding carboxylic acids is 2. The summed E-state index contributed by atoms with van der Waals surface area (Å²) in [6, 6.07) is 10.1. The topological polar surface area (TPSA) is 108 Å². The van der Waals surface area contributed by atoms with E-state index < -0.39 is 22.9 Å². The summed E-state index contributed by atoms with van der Waals surface area (Å²) in [4.78, 5) is 34.7. The summed E-state index contributed by atoms with van der Waals surface area (Å²) in [5, 5.41) is 13.7. The first-order valence-corrected chi connectivity index (χ1v) is 7.80. The molecule has 0 saturated heterocycles. The van der Waals surface area contributed by atoms with E-state index in [0.29, 0.717) is 10.7 Å². The van der Waals surface area contributed by atoms with Crippen LogP contribution in [-0.2, 0) is 9.53 Å². The average Bonchev–Trinajstić information content (AvgIpc) is 2.62. The lowest BCUT2D eigenvalue weighted by Gasteiger charge is -2.15. The number of halogens is 1. The van der Waals surface area contributed by atoms with E-state index in [9.17, 15) is 19.7 Å². The number of esters is 1. The van der Waals surface area contributed by atoms with Gasteiger partial charge in [-0.15, -0.1) is 0 Å². The van der Waals surface area contributed by atoms with Crippen molar-refractivity contribution in [3.63, 3.8) is 0 Å². The summed E-state index contributed by atoms with van der Waals surface area (Å²) in [6.07, 6.45) is -1.16. The number of nitro groups is 1. The lowest BCUT2D eigenvalue weighted by molar-refractivity contribution is -0.384. The van der Waals surface area contributed by atoms with Gasteiger partial charge in [0.25, 0.3) is 11.6 Å². The van der Waals surface area contributed by atoms with Crippen molar-refractivity contribution < 1.29 is 24.0 Å². The number of rotatable bonds is 6. The lowest BCUT2D eigenvalue weighted by atomic mass is 10.1. The summed E-state index contributed by atoms with van der Waals surface area (Å²) >= 11 is 5.96. The highest BCUT2D eigenvalue weighted by Crippen LogP contribution is 2.25. The number of methoxy groups -OCH3 is 1. The number of hydrogen-bond donors (Lipinski definition) is 1. The van der Waals surface area contributed by atoms with Gasteiger partial charge in [0.15, 0.2) is 6.10 Å². The fourth-order valence-electron chi connectivity index (χ4n) is 2.04. The van der Waals surface area contributed by atoms with Crippen LogP contribution in [0.3, 0.4) is 0 Å². The molecule has 0 radical (unpaired) electrons. The van der Waals surface area contributed by atoms with E-state index in [-0.39, 0.29) is 17.0 Å². The Balaban J connectivity index is 2.13. The van der Waals surface area contributed by atoms with Gasteiger partial charge in [-0.2, -0.15) is 0 Å². The molecule has 2 aromatic rings. The highest BCUT2D eigenvalue weighted by Gasteiger charge is 2.24. The zero-order valence-electron chi connectivity index (χ0n) is 13.9. The van der Waals surface area contributed by atoms with Crippen LogP contribution in [0.1, 0.15) is 17.3 Å². The Morgan fingerprint density at radius 2 is 1.92 bits per heavy atom. The number of non-ortho nitro benzene ring substituents is 1. The number of hydrogen-bond acceptors (Lipinski definition) is 6. The number of anilines is 1. The van der Waals surface area contributed by atoms with Crippen molar-refractivity contribution in [2.24, 2.45) is 0 Å². The van der Waals surface area contributed by atoms with Gasteiger partial charge in [0.2, 0.25) is 0 Å². The quantitative estimate of drug-likeness (QED) is 0.468. The maximum atomic E-state index is 12.3. The van der Waals surface area contributed by atoms with Crippen molar-refractivity contribution in [2.75, 3.05) is 12.4 Å². The highest BCUT2D eigenvalue weighted by atomic mass is 35.5. The molecule has 1 amide bonds. The minimum Gasteiger partial charge on any atom is -0.496 e. The van der Waals surface area contributed by atoms with Gasteiger partial charge in [-0.3, -0.25) is 14.9 Å². The van der Waals surface area contributed by atoms with Crippen LogP contribution in [-0.4, -0.2) is 30.0 Å². The van der Waals surface area contributed by atoms with Gasteiger partial charge in [0.05, 0.1) is 22.7 Å². The molecule has 9 heteroatoms. The van der Waals surface area contributed by atoms with Crippen molar-refractivity contribution in [1.29, 1.82) is 0 Å². The van der Waals surface area contributed by atoms with E-state index in [1.807, 2.05) is 0 Å². The largest absolute Gasteiger partial charge is 0.496 e. The first-order chi connectivity index (χ1) is 12.3. The monoisotopic (exact) mass is 378 g/mol. The van der Waals surface area contributed by atoms with Crippen molar-refractivity contribution in [3.05, 3.63) is 63.2 Å². The van der Waals surface area contributed by atoms with Crippen LogP contribution in [0.4, 0.5) is 11.4 Å². The number of carbonyl (C=O) groups is 2. The molecule has 2 aromatic carbocycles. The van der Waals surface area contributed by atoms with Gasteiger partial charge >= 0.3 is 5.97 Å². The van der Waals surface area contributed by atoms with E-state index in [1.54, 1.807) is 24.3 Å². The molecule has 26 heavy (non-hydrogen) atoms. The number of nitrogens with one attached hydrogen (secondary N) is 1. The predicted molar refractivity (Wildman–Crippen MR) is 94.6 cm³/mol.